The summed E-state index contributed by atoms with van der Waals surface area (Å²) in [6, 6.07) is 0. The lowest BCUT2D eigenvalue weighted by atomic mass is 9.99. The van der Waals surface area contributed by atoms with Crippen LogP contribution in [-0.4, -0.2) is 96.7 Å². The maximum atomic E-state index is 13.2. The molecular formula is C89H174O17P2. The molecule has 0 saturated heterocycles. The molecule has 0 amide bonds. The number of rotatable bonds is 87. The van der Waals surface area contributed by atoms with Crippen LogP contribution in [0.25, 0.3) is 0 Å². The molecule has 0 rings (SSSR count). The first-order valence-electron chi connectivity index (χ1n) is 45.9. The van der Waals surface area contributed by atoms with Crippen LogP contribution in [0.2, 0.25) is 0 Å². The number of phosphoric acid groups is 2. The van der Waals surface area contributed by atoms with Gasteiger partial charge in [0.2, 0.25) is 0 Å². The van der Waals surface area contributed by atoms with Gasteiger partial charge in [0.05, 0.1) is 26.4 Å². The second-order valence-corrected chi connectivity index (χ2v) is 35.9. The van der Waals surface area contributed by atoms with Gasteiger partial charge in [-0.05, 0) is 43.4 Å². The molecule has 0 saturated carbocycles. The van der Waals surface area contributed by atoms with E-state index in [0.717, 1.165) is 108 Å². The first-order valence-corrected chi connectivity index (χ1v) is 48.9. The minimum absolute atomic E-state index is 0.107. The summed E-state index contributed by atoms with van der Waals surface area (Å²) in [7, 11) is -9.93. The molecule has 19 heteroatoms. The van der Waals surface area contributed by atoms with Crippen LogP contribution in [0.5, 0.6) is 0 Å². The molecule has 0 aliphatic carbocycles. The first kappa shape index (κ1) is 106. The van der Waals surface area contributed by atoms with Crippen molar-refractivity contribution in [3.63, 3.8) is 0 Å². The van der Waals surface area contributed by atoms with Crippen LogP contribution in [0.3, 0.4) is 0 Å². The van der Waals surface area contributed by atoms with Gasteiger partial charge in [-0.3, -0.25) is 37.3 Å². The Morgan fingerprint density at radius 3 is 0.704 bits per heavy atom. The first-order chi connectivity index (χ1) is 52.3. The molecule has 3 N–H and O–H groups in total. The normalized spacial score (nSPS) is 14.3. The Bertz CT molecular complexity index is 2080. The van der Waals surface area contributed by atoms with Crippen molar-refractivity contribution < 1.29 is 80.2 Å². The largest absolute Gasteiger partial charge is 0.472 e. The van der Waals surface area contributed by atoms with E-state index in [4.69, 9.17) is 37.0 Å². The SMILES string of the molecule is CCCCCCCCCCCCCCCC(=O)O[C@H](COC(=O)CCCCCCCCCCC(C)C)COP(=O)(O)OC[C@H](O)COP(=O)(O)OC[C@@H](COC(=O)CCCCCCCCCCCCCCCCCCCCC(C)CC)OC(=O)CCCCCCCCCCCCCCCCCCCCC(C)CC. The molecular weight excluding hydrogens is 1400 g/mol. The highest BCUT2D eigenvalue weighted by Gasteiger charge is 2.31. The van der Waals surface area contributed by atoms with Gasteiger partial charge >= 0.3 is 39.5 Å². The lowest BCUT2D eigenvalue weighted by Crippen LogP contribution is -2.30. The maximum Gasteiger partial charge on any atom is 0.472 e. The fourth-order valence-corrected chi connectivity index (χ4v) is 15.4. The monoisotopic (exact) mass is 1580 g/mol. The van der Waals surface area contributed by atoms with E-state index in [1.807, 2.05) is 0 Å². The van der Waals surface area contributed by atoms with Gasteiger partial charge in [0.25, 0.3) is 0 Å². The van der Waals surface area contributed by atoms with Gasteiger partial charge in [-0.25, -0.2) is 9.13 Å². The van der Waals surface area contributed by atoms with Crippen LogP contribution in [0.15, 0.2) is 0 Å². The number of hydrogen-bond donors (Lipinski definition) is 3. The van der Waals surface area contributed by atoms with E-state index in [-0.39, 0.29) is 25.7 Å². The number of carbonyl (C=O) groups excluding carboxylic acids is 4. The minimum atomic E-state index is -4.97. The number of ether oxygens (including phenoxy) is 4. The molecule has 0 aliphatic rings. The molecule has 0 bridgehead atoms. The zero-order valence-corrected chi connectivity index (χ0v) is 73.1. The van der Waals surface area contributed by atoms with E-state index in [1.54, 1.807) is 0 Å². The summed E-state index contributed by atoms with van der Waals surface area (Å²) in [6.07, 6.45) is 70.8. The lowest BCUT2D eigenvalue weighted by molar-refractivity contribution is -0.161. The highest BCUT2D eigenvalue weighted by molar-refractivity contribution is 7.47. The Balaban J connectivity index is 5.21. The number of esters is 4. The number of aliphatic hydroxyl groups excluding tert-OH is 1. The summed E-state index contributed by atoms with van der Waals surface area (Å²) in [5.74, 6) is 0.370. The lowest BCUT2D eigenvalue weighted by Gasteiger charge is -2.21. The molecule has 0 aromatic carbocycles. The summed E-state index contributed by atoms with van der Waals surface area (Å²) < 4.78 is 68.9. The van der Waals surface area contributed by atoms with E-state index in [2.05, 4.69) is 48.5 Å². The number of carbonyl (C=O) groups is 4. The predicted octanol–water partition coefficient (Wildman–Crippen LogP) is 27.3. The van der Waals surface area contributed by atoms with Crippen molar-refractivity contribution >= 4 is 39.5 Å². The molecule has 0 radical (unpaired) electrons. The van der Waals surface area contributed by atoms with Crippen molar-refractivity contribution in [2.75, 3.05) is 39.6 Å². The van der Waals surface area contributed by atoms with Gasteiger partial charge in [0.15, 0.2) is 12.2 Å². The Morgan fingerprint density at radius 2 is 0.472 bits per heavy atom. The topological polar surface area (TPSA) is 237 Å². The minimum Gasteiger partial charge on any atom is -0.462 e. The third kappa shape index (κ3) is 79.3. The summed E-state index contributed by atoms with van der Waals surface area (Å²) >= 11 is 0. The Morgan fingerprint density at radius 1 is 0.269 bits per heavy atom. The van der Waals surface area contributed by atoms with Crippen molar-refractivity contribution in [2.24, 2.45) is 17.8 Å². The highest BCUT2D eigenvalue weighted by atomic mass is 31.2. The Labute approximate surface area is 664 Å². The average Bonchev–Trinajstić information content (AvgIpc) is 0.896. The molecule has 7 atom stereocenters. The molecule has 0 heterocycles. The fourth-order valence-electron chi connectivity index (χ4n) is 13.8. The molecule has 17 nitrogen and oxygen atoms in total. The number of unbranched alkanes of at least 4 members (excludes halogenated alkanes) is 53. The third-order valence-electron chi connectivity index (χ3n) is 21.6. The van der Waals surface area contributed by atoms with Crippen molar-refractivity contribution in [2.45, 2.75) is 491 Å². The zero-order chi connectivity index (χ0) is 79.3. The maximum absolute atomic E-state index is 13.2. The summed E-state index contributed by atoms with van der Waals surface area (Å²) in [6.45, 7) is 12.1. The molecule has 0 fully saturated rings. The zero-order valence-electron chi connectivity index (χ0n) is 71.3. The van der Waals surface area contributed by atoms with Crippen molar-refractivity contribution in [1.82, 2.24) is 0 Å². The van der Waals surface area contributed by atoms with E-state index in [0.29, 0.717) is 25.7 Å². The van der Waals surface area contributed by atoms with Crippen LogP contribution in [-0.2, 0) is 65.4 Å². The van der Waals surface area contributed by atoms with E-state index >= 15 is 0 Å². The Hall–Kier alpha value is -1.94. The molecule has 0 aromatic heterocycles. The number of phosphoric ester groups is 2. The molecule has 0 aromatic rings. The van der Waals surface area contributed by atoms with Crippen LogP contribution in [0, 0.1) is 17.8 Å². The second kappa shape index (κ2) is 78.9. The van der Waals surface area contributed by atoms with E-state index in [1.165, 1.54) is 283 Å². The molecule has 0 aliphatic heterocycles. The van der Waals surface area contributed by atoms with Crippen LogP contribution in [0.4, 0.5) is 0 Å². The van der Waals surface area contributed by atoms with E-state index < -0.39 is 97.5 Å². The molecule has 642 valence electrons. The molecule has 0 spiro atoms. The van der Waals surface area contributed by atoms with Gasteiger partial charge in [0, 0.05) is 25.7 Å². The van der Waals surface area contributed by atoms with Gasteiger partial charge < -0.3 is 33.8 Å². The van der Waals surface area contributed by atoms with Gasteiger partial charge in [-0.2, -0.15) is 0 Å². The quantitative estimate of drug-likeness (QED) is 0.0222. The summed E-state index contributed by atoms with van der Waals surface area (Å²) in [4.78, 5) is 73.3. The van der Waals surface area contributed by atoms with Crippen molar-refractivity contribution in [1.29, 1.82) is 0 Å². The van der Waals surface area contributed by atoms with Crippen molar-refractivity contribution in [3.05, 3.63) is 0 Å². The van der Waals surface area contributed by atoms with Gasteiger partial charge in [-0.15, -0.1) is 0 Å². The van der Waals surface area contributed by atoms with E-state index in [9.17, 15) is 43.2 Å². The predicted molar refractivity (Wildman–Crippen MR) is 446 cm³/mol. The highest BCUT2D eigenvalue weighted by Crippen LogP contribution is 2.45. The standard InChI is InChI=1S/C89H174O17P2/c1-8-11-12-13-14-15-16-29-37-42-51-58-65-72-88(93)106-85(77-100-87(92)71-64-57-50-45-44-46-53-60-67-80(4)5)79-104-108(97,98)102-75-83(90)74-101-107(95,96)103-78-84(105-89(94)73-66-59-52-43-38-33-28-24-20-18-22-26-31-35-40-48-55-62-69-82(7)10-3)76-99-86(91)70-63-56-49-41-36-32-27-23-19-17-21-25-30-34-39-47-54-61-68-81(6)9-2/h80-85,90H,8-79H2,1-7H3,(H,95,96)(H,97,98)/t81?,82?,83-,84-,85-/m1/s1. The van der Waals surface area contributed by atoms with Crippen LogP contribution < -0.4 is 0 Å². The third-order valence-corrected chi connectivity index (χ3v) is 23.5. The van der Waals surface area contributed by atoms with Gasteiger partial charge in [0.1, 0.15) is 19.3 Å². The fraction of sp³-hybridized carbons (Fsp3) is 0.955. The van der Waals surface area contributed by atoms with Crippen LogP contribution >= 0.6 is 15.6 Å². The molecule has 108 heavy (non-hydrogen) atoms. The smallest absolute Gasteiger partial charge is 0.462 e. The Kier molecular flexibility index (Phi) is 77.5. The molecule has 4 unspecified atom stereocenters. The number of hydrogen-bond acceptors (Lipinski definition) is 15. The van der Waals surface area contributed by atoms with Crippen LogP contribution in [0.1, 0.15) is 472 Å². The number of aliphatic hydroxyl groups is 1. The van der Waals surface area contributed by atoms with Crippen molar-refractivity contribution in [3.8, 4) is 0 Å². The van der Waals surface area contributed by atoms with Gasteiger partial charge in [-0.1, -0.05) is 421 Å². The second-order valence-electron chi connectivity index (χ2n) is 32.9. The summed E-state index contributed by atoms with van der Waals surface area (Å²) in [5.41, 5.74) is 0. The average molecular weight is 1580 g/mol. The summed E-state index contributed by atoms with van der Waals surface area (Å²) in [5, 5.41) is 10.7.